The number of carbonyl (C=O) groups is 2. The Kier molecular flexibility index (Phi) is 6.95. The lowest BCUT2D eigenvalue weighted by molar-refractivity contribution is 0.0501. The summed E-state index contributed by atoms with van der Waals surface area (Å²) in [6, 6.07) is 3.29. The number of esters is 1. The summed E-state index contributed by atoms with van der Waals surface area (Å²) in [6.45, 7) is 9.60. The van der Waals surface area contributed by atoms with Gasteiger partial charge in [-0.25, -0.2) is 9.59 Å². The Hall–Kier alpha value is -1.99. The largest absolute Gasteiger partial charge is 0.462 e. The van der Waals surface area contributed by atoms with E-state index >= 15 is 0 Å². The van der Waals surface area contributed by atoms with Gasteiger partial charge in [-0.2, -0.15) is 0 Å². The second-order valence-corrected chi connectivity index (χ2v) is 8.03. The van der Waals surface area contributed by atoms with E-state index in [0.29, 0.717) is 23.8 Å². The lowest BCUT2D eigenvalue weighted by atomic mass is 10.1. The van der Waals surface area contributed by atoms with Gasteiger partial charge in [-0.15, -0.1) is 0 Å². The van der Waals surface area contributed by atoms with Gasteiger partial charge >= 0.3 is 12.1 Å². The molecule has 1 amide bonds. The van der Waals surface area contributed by atoms with Crippen molar-refractivity contribution in [1.29, 1.82) is 0 Å². The fourth-order valence-electron chi connectivity index (χ4n) is 2.95. The van der Waals surface area contributed by atoms with E-state index in [0.717, 1.165) is 18.5 Å². The number of hydrogen-bond acceptors (Lipinski definition) is 6. The Labute approximate surface area is 165 Å². The number of alkyl carbamates (subject to hydrolysis) is 1. The molecule has 1 aliphatic rings. The SMILES string of the molecule is CCOC(=O)c1cc(Cl)c(CN2CCC(NC(=O)OC(C)(C)C)C2)cc1N. The Balaban J connectivity index is 1.95. The fourth-order valence-corrected chi connectivity index (χ4v) is 3.18. The highest BCUT2D eigenvalue weighted by Crippen LogP contribution is 2.26. The van der Waals surface area contributed by atoms with Crippen molar-refractivity contribution in [3.8, 4) is 0 Å². The number of hydrogen-bond donors (Lipinski definition) is 2. The van der Waals surface area contributed by atoms with Crippen molar-refractivity contribution < 1.29 is 19.1 Å². The molecule has 1 aromatic rings. The van der Waals surface area contributed by atoms with Gasteiger partial charge in [0, 0.05) is 36.4 Å². The number of benzene rings is 1. The Bertz CT molecular complexity index is 703. The second kappa shape index (κ2) is 8.80. The molecule has 0 aromatic heterocycles. The normalized spacial score (nSPS) is 17.6. The molecule has 0 radical (unpaired) electrons. The Morgan fingerprint density at radius 2 is 2.07 bits per heavy atom. The molecule has 1 aromatic carbocycles. The van der Waals surface area contributed by atoms with Gasteiger partial charge in [0.2, 0.25) is 0 Å². The highest BCUT2D eigenvalue weighted by atomic mass is 35.5. The first-order valence-corrected chi connectivity index (χ1v) is 9.43. The van der Waals surface area contributed by atoms with Gasteiger partial charge in [0.1, 0.15) is 5.60 Å². The van der Waals surface area contributed by atoms with E-state index in [1.165, 1.54) is 0 Å². The van der Waals surface area contributed by atoms with Gasteiger partial charge in [-0.05, 0) is 51.8 Å². The van der Waals surface area contributed by atoms with E-state index in [4.69, 9.17) is 26.8 Å². The maximum atomic E-state index is 11.9. The summed E-state index contributed by atoms with van der Waals surface area (Å²) in [7, 11) is 0. The third-order valence-electron chi connectivity index (χ3n) is 4.10. The van der Waals surface area contributed by atoms with Crippen molar-refractivity contribution in [2.24, 2.45) is 0 Å². The van der Waals surface area contributed by atoms with E-state index in [2.05, 4.69) is 10.2 Å². The zero-order valence-corrected chi connectivity index (χ0v) is 17.1. The smallest absolute Gasteiger partial charge is 0.407 e. The van der Waals surface area contributed by atoms with Crippen molar-refractivity contribution in [2.45, 2.75) is 52.3 Å². The minimum absolute atomic E-state index is 0.0229. The summed E-state index contributed by atoms with van der Waals surface area (Å²) < 4.78 is 10.3. The lowest BCUT2D eigenvalue weighted by Crippen LogP contribution is -2.40. The van der Waals surface area contributed by atoms with E-state index in [1.54, 1.807) is 19.1 Å². The monoisotopic (exact) mass is 397 g/mol. The average molecular weight is 398 g/mol. The molecule has 1 saturated heterocycles. The van der Waals surface area contributed by atoms with Crippen LogP contribution in [0.5, 0.6) is 0 Å². The summed E-state index contributed by atoms with van der Waals surface area (Å²) in [5, 5.41) is 3.36. The molecule has 1 heterocycles. The van der Waals surface area contributed by atoms with Gasteiger partial charge in [0.25, 0.3) is 0 Å². The fraction of sp³-hybridized carbons (Fsp3) is 0.579. The minimum atomic E-state index is -0.520. The van der Waals surface area contributed by atoms with E-state index in [9.17, 15) is 9.59 Å². The van der Waals surface area contributed by atoms with Crippen LogP contribution in [0.25, 0.3) is 0 Å². The molecule has 1 aliphatic heterocycles. The molecule has 2 rings (SSSR count). The van der Waals surface area contributed by atoms with Gasteiger partial charge in [0.05, 0.1) is 12.2 Å². The average Bonchev–Trinajstić information content (AvgIpc) is 2.95. The number of nitrogens with one attached hydrogen (secondary N) is 1. The molecule has 0 bridgehead atoms. The second-order valence-electron chi connectivity index (χ2n) is 7.62. The van der Waals surface area contributed by atoms with Gasteiger partial charge in [0.15, 0.2) is 0 Å². The number of carbonyl (C=O) groups excluding carboxylic acids is 2. The van der Waals surface area contributed by atoms with Crippen LogP contribution in [0.3, 0.4) is 0 Å². The summed E-state index contributed by atoms with van der Waals surface area (Å²) in [5.74, 6) is -0.480. The lowest BCUT2D eigenvalue weighted by Gasteiger charge is -2.22. The number of halogens is 1. The third kappa shape index (κ3) is 6.29. The van der Waals surface area contributed by atoms with E-state index in [-0.39, 0.29) is 18.2 Å². The first-order valence-electron chi connectivity index (χ1n) is 9.06. The van der Waals surface area contributed by atoms with Crippen molar-refractivity contribution in [1.82, 2.24) is 10.2 Å². The zero-order valence-electron chi connectivity index (χ0n) is 16.3. The summed E-state index contributed by atoms with van der Waals surface area (Å²) in [4.78, 5) is 26.0. The van der Waals surface area contributed by atoms with Gasteiger partial charge in [-0.1, -0.05) is 11.6 Å². The molecular formula is C19H28ClN3O4. The summed E-state index contributed by atoms with van der Waals surface area (Å²) in [6.07, 6.45) is 0.420. The zero-order chi connectivity index (χ0) is 20.2. The summed E-state index contributed by atoms with van der Waals surface area (Å²) >= 11 is 6.34. The number of amides is 1. The maximum absolute atomic E-state index is 11.9. The molecule has 27 heavy (non-hydrogen) atoms. The number of ether oxygens (including phenoxy) is 2. The highest BCUT2D eigenvalue weighted by molar-refractivity contribution is 6.32. The predicted octanol–water partition coefficient (Wildman–Crippen LogP) is 3.20. The molecule has 1 unspecified atom stereocenters. The van der Waals surface area contributed by atoms with Crippen molar-refractivity contribution >= 4 is 29.4 Å². The Morgan fingerprint density at radius 3 is 2.70 bits per heavy atom. The number of nitrogens with two attached hydrogens (primary N) is 1. The van der Waals surface area contributed by atoms with Crippen LogP contribution in [0.1, 0.15) is 50.0 Å². The van der Waals surface area contributed by atoms with E-state index < -0.39 is 17.7 Å². The highest BCUT2D eigenvalue weighted by Gasteiger charge is 2.27. The standard InChI is InChI=1S/C19H28ClN3O4/c1-5-26-17(24)14-9-15(20)12(8-16(14)21)10-23-7-6-13(11-23)22-18(25)27-19(2,3)4/h8-9,13H,5-7,10-11,21H2,1-4H3,(H,22,25). The van der Waals surface area contributed by atoms with Gasteiger partial charge < -0.3 is 20.5 Å². The van der Waals surface area contributed by atoms with Crippen LogP contribution < -0.4 is 11.1 Å². The molecule has 0 spiro atoms. The number of rotatable bonds is 5. The number of likely N-dealkylation sites (tertiary alicyclic amines) is 1. The van der Waals surface area contributed by atoms with Crippen LogP contribution in [0, 0.1) is 0 Å². The first kappa shape index (κ1) is 21.3. The quantitative estimate of drug-likeness (QED) is 0.585. The number of anilines is 1. The third-order valence-corrected chi connectivity index (χ3v) is 4.45. The molecule has 3 N–H and O–H groups in total. The summed E-state index contributed by atoms with van der Waals surface area (Å²) in [5.41, 5.74) is 6.93. The topological polar surface area (TPSA) is 93.9 Å². The van der Waals surface area contributed by atoms with Crippen molar-refractivity contribution in [2.75, 3.05) is 25.4 Å². The Morgan fingerprint density at radius 1 is 1.37 bits per heavy atom. The van der Waals surface area contributed by atoms with Crippen LogP contribution in [0.2, 0.25) is 5.02 Å². The number of nitrogen functional groups attached to an aromatic ring is 1. The molecule has 0 saturated carbocycles. The maximum Gasteiger partial charge on any atom is 0.407 e. The predicted molar refractivity (Wildman–Crippen MR) is 105 cm³/mol. The molecule has 1 atom stereocenters. The van der Waals surface area contributed by atoms with Crippen LogP contribution in [0.15, 0.2) is 12.1 Å². The molecule has 0 aliphatic carbocycles. The van der Waals surface area contributed by atoms with E-state index in [1.807, 2.05) is 20.8 Å². The minimum Gasteiger partial charge on any atom is -0.462 e. The first-order chi connectivity index (χ1) is 12.6. The van der Waals surface area contributed by atoms with Crippen LogP contribution in [-0.2, 0) is 16.0 Å². The van der Waals surface area contributed by atoms with Crippen LogP contribution >= 0.6 is 11.6 Å². The van der Waals surface area contributed by atoms with Crippen molar-refractivity contribution in [3.05, 3.63) is 28.3 Å². The van der Waals surface area contributed by atoms with Crippen LogP contribution in [-0.4, -0.2) is 48.3 Å². The molecular weight excluding hydrogens is 370 g/mol. The molecule has 1 fully saturated rings. The van der Waals surface area contributed by atoms with Crippen molar-refractivity contribution in [3.63, 3.8) is 0 Å². The molecule has 150 valence electrons. The van der Waals surface area contributed by atoms with Crippen LogP contribution in [0.4, 0.5) is 10.5 Å². The van der Waals surface area contributed by atoms with Gasteiger partial charge in [-0.3, -0.25) is 4.90 Å². The molecule has 7 nitrogen and oxygen atoms in total. The molecule has 8 heteroatoms. The number of nitrogens with zero attached hydrogens (tertiary/aromatic N) is 1.